The minimum atomic E-state index is -0.493. The van der Waals surface area contributed by atoms with Crippen LogP contribution in [0, 0.1) is 5.82 Å². The van der Waals surface area contributed by atoms with Gasteiger partial charge in [0.1, 0.15) is 11.6 Å². The number of anilines is 1. The third-order valence-electron chi connectivity index (χ3n) is 3.86. The van der Waals surface area contributed by atoms with Crippen molar-refractivity contribution in [2.75, 3.05) is 11.9 Å². The van der Waals surface area contributed by atoms with Crippen molar-refractivity contribution in [3.8, 4) is 5.75 Å². The number of pyridine rings is 1. The number of carbonyl (C=O) groups is 1. The van der Waals surface area contributed by atoms with Crippen LogP contribution in [-0.4, -0.2) is 17.1 Å². The second-order valence-corrected chi connectivity index (χ2v) is 5.98. The van der Waals surface area contributed by atoms with Gasteiger partial charge in [0.15, 0.2) is 6.61 Å². The summed E-state index contributed by atoms with van der Waals surface area (Å²) in [5.74, 6) is -0.634. The first-order valence-corrected chi connectivity index (χ1v) is 8.37. The lowest BCUT2D eigenvalue weighted by Crippen LogP contribution is -2.23. The summed E-state index contributed by atoms with van der Waals surface area (Å²) in [5.41, 5.74) is 0.815. The molecule has 7 heteroatoms. The molecule has 0 atom stereocenters. The van der Waals surface area contributed by atoms with Crippen molar-refractivity contribution < 1.29 is 13.9 Å². The monoisotopic (exact) mass is 374 g/mol. The van der Waals surface area contributed by atoms with Crippen LogP contribution in [0.4, 0.5) is 10.1 Å². The zero-order valence-corrected chi connectivity index (χ0v) is 14.7. The van der Waals surface area contributed by atoms with Crippen LogP contribution in [0.5, 0.6) is 5.75 Å². The molecule has 0 spiro atoms. The number of benzene rings is 2. The van der Waals surface area contributed by atoms with Gasteiger partial charge in [-0.25, -0.2) is 4.39 Å². The van der Waals surface area contributed by atoms with E-state index >= 15 is 0 Å². The molecule has 0 unspecified atom stereocenters. The molecular weight excluding hydrogens is 359 g/mol. The summed E-state index contributed by atoms with van der Waals surface area (Å²) in [5, 5.41) is 3.38. The number of fused-ring (bicyclic) bond motifs is 1. The second-order valence-electron chi connectivity index (χ2n) is 5.57. The lowest BCUT2D eigenvalue weighted by molar-refractivity contribution is -0.118. The fourth-order valence-corrected chi connectivity index (χ4v) is 2.88. The largest absolute Gasteiger partial charge is 0.483 e. The van der Waals surface area contributed by atoms with Gasteiger partial charge in [0.25, 0.3) is 11.5 Å². The Hall–Kier alpha value is -2.86. The molecule has 1 heterocycles. The number of carbonyl (C=O) groups excluding carboxylic acids is 1. The van der Waals surface area contributed by atoms with Crippen LogP contribution in [0.2, 0.25) is 5.02 Å². The van der Waals surface area contributed by atoms with E-state index in [0.717, 1.165) is 17.0 Å². The number of aryl methyl sites for hydroxylation is 1. The summed E-state index contributed by atoms with van der Waals surface area (Å²) in [6.45, 7) is 2.10. The number of nitrogens with one attached hydrogen (secondary N) is 1. The third-order valence-corrected chi connectivity index (χ3v) is 4.17. The van der Waals surface area contributed by atoms with E-state index in [9.17, 15) is 14.0 Å². The Bertz CT molecular complexity index is 1030. The molecule has 0 saturated carbocycles. The zero-order valence-electron chi connectivity index (χ0n) is 14.0. The highest BCUT2D eigenvalue weighted by molar-refractivity contribution is 6.33. The zero-order chi connectivity index (χ0) is 18.7. The van der Waals surface area contributed by atoms with E-state index in [0.29, 0.717) is 12.3 Å². The molecule has 1 N–H and O–H groups in total. The summed E-state index contributed by atoms with van der Waals surface area (Å²) < 4.78 is 20.2. The molecule has 2 aromatic carbocycles. The number of rotatable bonds is 5. The number of hydrogen-bond acceptors (Lipinski definition) is 3. The number of amides is 1. The highest BCUT2D eigenvalue weighted by atomic mass is 35.5. The number of hydrogen-bond donors (Lipinski definition) is 1. The van der Waals surface area contributed by atoms with Gasteiger partial charge in [-0.15, -0.1) is 0 Å². The summed E-state index contributed by atoms with van der Waals surface area (Å²) in [7, 11) is 0. The SMILES string of the molecule is CCn1c(=O)cc(OCC(=O)Nc2ccc(F)cc2Cl)c2ccccc21. The van der Waals surface area contributed by atoms with Crippen molar-refractivity contribution >= 4 is 34.1 Å². The number of ether oxygens (including phenoxy) is 1. The standard InChI is InChI=1S/C19H16ClFN2O3/c1-2-23-16-6-4-3-5-13(16)17(10-19(23)25)26-11-18(24)22-15-8-7-12(21)9-14(15)20/h3-10H,2,11H2,1H3,(H,22,24). The molecule has 0 fully saturated rings. The number of para-hydroxylation sites is 1. The molecule has 0 aliphatic carbocycles. The fraction of sp³-hybridized carbons (Fsp3) is 0.158. The molecule has 26 heavy (non-hydrogen) atoms. The highest BCUT2D eigenvalue weighted by Crippen LogP contribution is 2.24. The number of aromatic nitrogens is 1. The van der Waals surface area contributed by atoms with Crippen LogP contribution in [0.3, 0.4) is 0 Å². The maximum absolute atomic E-state index is 13.0. The van der Waals surface area contributed by atoms with Gasteiger partial charge < -0.3 is 14.6 Å². The third kappa shape index (κ3) is 3.70. The van der Waals surface area contributed by atoms with Gasteiger partial charge in [-0.1, -0.05) is 23.7 Å². The average Bonchev–Trinajstić information content (AvgIpc) is 2.62. The Morgan fingerprint density at radius 2 is 2.00 bits per heavy atom. The van der Waals surface area contributed by atoms with Crippen LogP contribution in [-0.2, 0) is 11.3 Å². The van der Waals surface area contributed by atoms with Crippen LogP contribution in [0.15, 0.2) is 53.3 Å². The lowest BCUT2D eigenvalue weighted by atomic mass is 10.2. The van der Waals surface area contributed by atoms with E-state index in [4.69, 9.17) is 16.3 Å². The molecule has 134 valence electrons. The predicted molar refractivity (Wildman–Crippen MR) is 99.4 cm³/mol. The smallest absolute Gasteiger partial charge is 0.262 e. The summed E-state index contributed by atoms with van der Waals surface area (Å²) >= 11 is 5.88. The first kappa shape index (κ1) is 17.9. The summed E-state index contributed by atoms with van der Waals surface area (Å²) in [6, 6.07) is 12.4. The molecule has 5 nitrogen and oxygen atoms in total. The van der Waals surface area contributed by atoms with Gasteiger partial charge >= 0.3 is 0 Å². The Morgan fingerprint density at radius 1 is 1.23 bits per heavy atom. The molecule has 0 aliphatic rings. The topological polar surface area (TPSA) is 60.3 Å². The Kier molecular flexibility index (Phi) is 5.23. The van der Waals surface area contributed by atoms with Crippen molar-refractivity contribution in [1.29, 1.82) is 0 Å². The van der Waals surface area contributed by atoms with E-state index in [-0.39, 0.29) is 22.9 Å². The van der Waals surface area contributed by atoms with Gasteiger partial charge in [0, 0.05) is 18.0 Å². The van der Waals surface area contributed by atoms with Gasteiger partial charge in [0.2, 0.25) is 0 Å². The number of nitrogens with zero attached hydrogens (tertiary/aromatic N) is 1. The van der Waals surface area contributed by atoms with Crippen molar-refractivity contribution in [3.05, 3.63) is 69.7 Å². The second kappa shape index (κ2) is 7.58. The quantitative estimate of drug-likeness (QED) is 0.738. The van der Waals surface area contributed by atoms with Crippen LogP contribution >= 0.6 is 11.6 Å². The number of halogens is 2. The molecule has 3 aromatic rings. The maximum Gasteiger partial charge on any atom is 0.262 e. The van der Waals surface area contributed by atoms with Gasteiger partial charge in [-0.2, -0.15) is 0 Å². The van der Waals surface area contributed by atoms with Crippen molar-refractivity contribution in [2.45, 2.75) is 13.5 Å². The summed E-state index contributed by atoms with van der Waals surface area (Å²) in [6.07, 6.45) is 0. The van der Waals surface area contributed by atoms with Crippen LogP contribution < -0.4 is 15.6 Å². The molecule has 0 aliphatic heterocycles. The minimum absolute atomic E-state index is 0.0920. The predicted octanol–water partition coefficient (Wildman–Crippen LogP) is 3.83. The van der Waals surface area contributed by atoms with E-state index in [1.54, 1.807) is 4.57 Å². The lowest BCUT2D eigenvalue weighted by Gasteiger charge is -2.13. The first-order valence-electron chi connectivity index (χ1n) is 8.00. The van der Waals surface area contributed by atoms with E-state index in [1.165, 1.54) is 18.2 Å². The summed E-state index contributed by atoms with van der Waals surface area (Å²) in [4.78, 5) is 24.3. The Morgan fingerprint density at radius 3 is 2.73 bits per heavy atom. The molecule has 0 bridgehead atoms. The minimum Gasteiger partial charge on any atom is -0.483 e. The fourth-order valence-electron chi connectivity index (χ4n) is 2.67. The average molecular weight is 375 g/mol. The van der Waals surface area contributed by atoms with Crippen molar-refractivity contribution in [1.82, 2.24) is 4.57 Å². The Labute approximate surface area is 154 Å². The van der Waals surface area contributed by atoms with Crippen LogP contribution in [0.1, 0.15) is 6.92 Å². The van der Waals surface area contributed by atoms with Gasteiger partial charge in [-0.05, 0) is 37.3 Å². The van der Waals surface area contributed by atoms with Crippen LogP contribution in [0.25, 0.3) is 10.9 Å². The molecule has 0 saturated heterocycles. The van der Waals surface area contributed by atoms with E-state index in [1.807, 2.05) is 31.2 Å². The first-order chi connectivity index (χ1) is 12.5. The molecule has 1 aromatic heterocycles. The highest BCUT2D eigenvalue weighted by Gasteiger charge is 2.12. The van der Waals surface area contributed by atoms with Gasteiger partial charge in [0.05, 0.1) is 16.2 Å². The van der Waals surface area contributed by atoms with E-state index in [2.05, 4.69) is 5.32 Å². The van der Waals surface area contributed by atoms with Crippen molar-refractivity contribution in [2.24, 2.45) is 0 Å². The molecule has 3 rings (SSSR count). The molecule has 0 radical (unpaired) electrons. The Balaban J connectivity index is 1.79. The molecular formula is C19H16ClFN2O3. The maximum atomic E-state index is 13.0. The van der Waals surface area contributed by atoms with E-state index < -0.39 is 11.7 Å². The van der Waals surface area contributed by atoms with Crippen molar-refractivity contribution in [3.63, 3.8) is 0 Å². The molecule has 1 amide bonds. The van der Waals surface area contributed by atoms with Gasteiger partial charge in [-0.3, -0.25) is 9.59 Å². The normalized spacial score (nSPS) is 10.7.